The number of hydrogen-bond acceptors (Lipinski definition) is 4. The second kappa shape index (κ2) is 9.82. The quantitative estimate of drug-likeness (QED) is 0.641. The molecule has 6 heteroatoms. The Kier molecular flexibility index (Phi) is 7.05. The van der Waals surface area contributed by atoms with Crippen molar-refractivity contribution in [2.45, 2.75) is 52.2 Å². The van der Waals surface area contributed by atoms with Crippen LogP contribution in [0.3, 0.4) is 0 Å². The predicted octanol–water partition coefficient (Wildman–Crippen LogP) is 5.17. The predicted molar refractivity (Wildman–Crippen MR) is 127 cm³/mol. The summed E-state index contributed by atoms with van der Waals surface area (Å²) in [7, 11) is 1.66. The highest BCUT2D eigenvalue weighted by Crippen LogP contribution is 2.47. The van der Waals surface area contributed by atoms with Gasteiger partial charge in [0.2, 0.25) is 0 Å². The fourth-order valence-electron chi connectivity index (χ4n) is 4.89. The van der Waals surface area contributed by atoms with E-state index >= 15 is 0 Å². The molecule has 1 aromatic rings. The third kappa shape index (κ3) is 5.22. The number of allylic oxidation sites excluding steroid dienone is 4. The number of methoxy groups -OCH3 is 1. The largest absolute Gasteiger partial charge is 0.497 e. The molecular weight excluding hydrogens is 421 g/mol. The number of nitrogens with zero attached hydrogens (tertiary/aromatic N) is 1. The number of rotatable bonds is 6. The fourth-order valence-corrected chi connectivity index (χ4v) is 4.89. The molecule has 0 aromatic heterocycles. The monoisotopic (exact) mass is 455 g/mol. The van der Waals surface area contributed by atoms with Crippen molar-refractivity contribution < 1.29 is 23.8 Å². The van der Waals surface area contributed by atoms with Crippen LogP contribution in [0.2, 0.25) is 0 Å². The molecule has 1 aromatic carbocycles. The number of alkyl halides is 1. The highest BCUT2D eigenvalue weighted by molar-refractivity contribution is 5.86. The van der Waals surface area contributed by atoms with Crippen LogP contribution in [0.25, 0.3) is 5.57 Å². The Bertz CT molecular complexity index is 995. The molecule has 1 saturated heterocycles. The number of halogens is 1. The minimum Gasteiger partial charge on any atom is -0.497 e. The number of piperidine rings is 1. The van der Waals surface area contributed by atoms with Crippen LogP contribution < -0.4 is 4.74 Å². The zero-order valence-electron chi connectivity index (χ0n) is 19.8. The van der Waals surface area contributed by atoms with Crippen LogP contribution in [-0.2, 0) is 16.1 Å². The van der Waals surface area contributed by atoms with Crippen LogP contribution in [0.15, 0.2) is 47.1 Å². The van der Waals surface area contributed by atoms with E-state index in [1.807, 2.05) is 32.1 Å². The Morgan fingerprint density at radius 2 is 2.06 bits per heavy atom. The smallest absolute Gasteiger partial charge is 0.310 e. The molecule has 0 spiro atoms. The SMILES string of the molecule is COc1ccc2c(c1)COC(C)/C=C(\C=C(/C)CF)C2=C1CCN(CC2(C(=O)O)CC2)CC1. The molecule has 1 aliphatic carbocycles. The molecule has 0 radical (unpaired) electrons. The fraction of sp³-hybridized carbons (Fsp3) is 0.519. The highest BCUT2D eigenvalue weighted by atomic mass is 19.1. The van der Waals surface area contributed by atoms with Gasteiger partial charge in [-0.15, -0.1) is 0 Å². The number of ether oxygens (including phenoxy) is 2. The van der Waals surface area contributed by atoms with E-state index < -0.39 is 18.1 Å². The van der Waals surface area contributed by atoms with Gasteiger partial charge in [-0.25, -0.2) is 4.39 Å². The minimum atomic E-state index is -0.666. The van der Waals surface area contributed by atoms with Gasteiger partial charge in [0.05, 0.1) is 25.2 Å². The van der Waals surface area contributed by atoms with Crippen LogP contribution in [-0.4, -0.2) is 55.5 Å². The van der Waals surface area contributed by atoms with E-state index in [0.29, 0.717) is 18.7 Å². The third-order valence-corrected chi connectivity index (χ3v) is 7.05. The van der Waals surface area contributed by atoms with E-state index in [9.17, 15) is 14.3 Å². The zero-order chi connectivity index (χ0) is 23.6. The number of likely N-dealkylation sites (tertiary alicyclic amines) is 1. The summed E-state index contributed by atoms with van der Waals surface area (Å²) < 4.78 is 25.0. The van der Waals surface area contributed by atoms with E-state index in [2.05, 4.69) is 17.0 Å². The Morgan fingerprint density at radius 3 is 2.67 bits per heavy atom. The number of carbonyl (C=O) groups is 1. The lowest BCUT2D eigenvalue weighted by atomic mass is 9.84. The maximum atomic E-state index is 13.5. The van der Waals surface area contributed by atoms with Crippen LogP contribution in [0, 0.1) is 5.41 Å². The summed E-state index contributed by atoms with van der Waals surface area (Å²) in [6, 6.07) is 6.07. The number of benzene rings is 1. The molecule has 0 bridgehead atoms. The molecule has 1 unspecified atom stereocenters. The van der Waals surface area contributed by atoms with E-state index in [-0.39, 0.29) is 6.10 Å². The summed E-state index contributed by atoms with van der Waals surface area (Å²) in [6.07, 6.45) is 7.21. The lowest BCUT2D eigenvalue weighted by Crippen LogP contribution is -2.38. The van der Waals surface area contributed by atoms with Crippen LogP contribution >= 0.6 is 0 Å². The van der Waals surface area contributed by atoms with Gasteiger partial charge in [0.15, 0.2) is 0 Å². The second-order valence-corrected chi connectivity index (χ2v) is 9.63. The molecule has 1 saturated carbocycles. The number of fused-ring (bicyclic) bond motifs is 1. The van der Waals surface area contributed by atoms with E-state index in [1.165, 1.54) is 5.57 Å². The number of aliphatic carboxylic acids is 1. The molecule has 4 rings (SSSR count). The zero-order valence-corrected chi connectivity index (χ0v) is 19.8. The highest BCUT2D eigenvalue weighted by Gasteiger charge is 2.51. The number of carboxylic acids is 1. The molecular formula is C27H34FNO4. The molecule has 1 atom stereocenters. The van der Waals surface area contributed by atoms with Crippen molar-refractivity contribution in [2.24, 2.45) is 5.41 Å². The Balaban J connectivity index is 1.71. The Morgan fingerprint density at radius 1 is 1.33 bits per heavy atom. The minimum absolute atomic E-state index is 0.107. The molecule has 1 N–H and O–H groups in total. The van der Waals surface area contributed by atoms with Crippen molar-refractivity contribution in [2.75, 3.05) is 33.4 Å². The van der Waals surface area contributed by atoms with Gasteiger partial charge in [0, 0.05) is 19.6 Å². The molecule has 2 heterocycles. The van der Waals surface area contributed by atoms with E-state index in [0.717, 1.165) is 66.8 Å². The van der Waals surface area contributed by atoms with Gasteiger partial charge in [-0.1, -0.05) is 17.7 Å². The summed E-state index contributed by atoms with van der Waals surface area (Å²) in [6.45, 7) is 6.12. The third-order valence-electron chi connectivity index (χ3n) is 7.05. The first kappa shape index (κ1) is 23.7. The Labute approximate surface area is 195 Å². The molecule has 0 amide bonds. The van der Waals surface area contributed by atoms with Gasteiger partial charge in [-0.3, -0.25) is 4.79 Å². The molecule has 5 nitrogen and oxygen atoms in total. The molecule has 2 aliphatic heterocycles. The molecule has 178 valence electrons. The van der Waals surface area contributed by atoms with E-state index in [1.54, 1.807) is 7.11 Å². The molecule has 2 fully saturated rings. The summed E-state index contributed by atoms with van der Waals surface area (Å²) in [5, 5.41) is 9.56. The maximum absolute atomic E-state index is 13.5. The second-order valence-electron chi connectivity index (χ2n) is 9.63. The molecule has 33 heavy (non-hydrogen) atoms. The molecule has 3 aliphatic rings. The lowest BCUT2D eigenvalue weighted by molar-refractivity contribution is -0.144. The van der Waals surface area contributed by atoms with Crippen molar-refractivity contribution in [3.05, 3.63) is 58.2 Å². The van der Waals surface area contributed by atoms with E-state index in [4.69, 9.17) is 9.47 Å². The average molecular weight is 456 g/mol. The number of hydrogen-bond donors (Lipinski definition) is 1. The first-order valence-corrected chi connectivity index (χ1v) is 11.8. The number of carboxylic acid groups (broad SMARTS) is 1. The summed E-state index contributed by atoms with van der Waals surface area (Å²) in [5.41, 5.74) is 5.80. The van der Waals surface area contributed by atoms with Crippen LogP contribution in [0.1, 0.15) is 50.7 Å². The standard InChI is InChI=1S/C27H34FNO4/c1-18(15-28)12-21-13-19(2)33-16-22-14-23(32-3)4-5-24(22)25(21)20-6-10-29(11-7-20)17-27(8-9-27)26(30)31/h4-5,12-14,19H,6-11,15-17H2,1-3H3,(H,30,31)/b18-12+,21-13+. The topological polar surface area (TPSA) is 59.0 Å². The van der Waals surface area contributed by atoms with Crippen molar-refractivity contribution in [3.8, 4) is 5.75 Å². The van der Waals surface area contributed by atoms with Crippen molar-refractivity contribution >= 4 is 11.5 Å². The summed E-state index contributed by atoms with van der Waals surface area (Å²) >= 11 is 0. The summed E-state index contributed by atoms with van der Waals surface area (Å²) in [4.78, 5) is 13.9. The maximum Gasteiger partial charge on any atom is 0.310 e. The van der Waals surface area contributed by atoms with Gasteiger partial charge >= 0.3 is 5.97 Å². The first-order chi connectivity index (χ1) is 15.8. The van der Waals surface area contributed by atoms with Crippen LogP contribution in [0.5, 0.6) is 5.75 Å². The van der Waals surface area contributed by atoms with Gasteiger partial charge in [-0.05, 0) is 85.6 Å². The van der Waals surface area contributed by atoms with Gasteiger partial charge in [-0.2, -0.15) is 0 Å². The van der Waals surface area contributed by atoms with Crippen molar-refractivity contribution in [1.29, 1.82) is 0 Å². The van der Waals surface area contributed by atoms with Crippen molar-refractivity contribution in [3.63, 3.8) is 0 Å². The average Bonchev–Trinajstić information content (AvgIpc) is 3.59. The van der Waals surface area contributed by atoms with Crippen LogP contribution in [0.4, 0.5) is 4.39 Å². The first-order valence-electron chi connectivity index (χ1n) is 11.8. The normalized spacial score (nSPS) is 24.9. The van der Waals surface area contributed by atoms with Gasteiger partial charge in [0.25, 0.3) is 0 Å². The van der Waals surface area contributed by atoms with Crippen molar-refractivity contribution in [1.82, 2.24) is 4.90 Å². The lowest BCUT2D eigenvalue weighted by Gasteiger charge is -2.33. The van der Waals surface area contributed by atoms with Gasteiger partial charge in [0.1, 0.15) is 12.4 Å². The Hall–Kier alpha value is -2.44. The summed E-state index contributed by atoms with van der Waals surface area (Å²) in [5.74, 6) is 0.120. The van der Waals surface area contributed by atoms with Gasteiger partial charge < -0.3 is 19.5 Å².